The van der Waals surface area contributed by atoms with E-state index < -0.39 is 5.91 Å². The summed E-state index contributed by atoms with van der Waals surface area (Å²) in [6.07, 6.45) is 1.63. The maximum atomic E-state index is 12.6. The van der Waals surface area contributed by atoms with E-state index in [1.807, 2.05) is 39.8 Å². The Kier molecular flexibility index (Phi) is 7.60. The van der Waals surface area contributed by atoms with Crippen LogP contribution in [0.4, 0.5) is 11.4 Å². The Bertz CT molecular complexity index is 989. The molecule has 6 heteroatoms. The normalized spacial score (nSPS) is 11.5. The van der Waals surface area contributed by atoms with Crippen LogP contribution in [0, 0.1) is 37.0 Å². The van der Waals surface area contributed by atoms with Gasteiger partial charge in [0.25, 0.3) is 5.91 Å². The number of aromatic nitrogens is 1. The number of aryl methyl sites for hydroxylation is 1. The molecular formula is C24H30N4O2. The predicted molar refractivity (Wildman–Crippen MR) is 121 cm³/mol. The van der Waals surface area contributed by atoms with E-state index in [1.54, 1.807) is 30.3 Å². The number of nitrogens with zero attached hydrogens (tertiary/aromatic N) is 2. The molecule has 2 aromatic rings. The van der Waals surface area contributed by atoms with Crippen molar-refractivity contribution in [2.45, 2.75) is 48.1 Å². The highest BCUT2D eigenvalue weighted by Crippen LogP contribution is 2.21. The Morgan fingerprint density at radius 1 is 1.07 bits per heavy atom. The zero-order chi connectivity index (χ0) is 22.4. The summed E-state index contributed by atoms with van der Waals surface area (Å²) in [7, 11) is 0. The Balaban J connectivity index is 2.16. The molecule has 0 fully saturated rings. The molecule has 2 N–H and O–H groups in total. The molecule has 2 rings (SSSR count). The molecule has 0 aliphatic heterocycles. The summed E-state index contributed by atoms with van der Waals surface area (Å²) in [6, 6.07) is 10.8. The van der Waals surface area contributed by atoms with E-state index in [4.69, 9.17) is 0 Å². The van der Waals surface area contributed by atoms with Crippen molar-refractivity contribution in [2.24, 2.45) is 11.8 Å². The minimum atomic E-state index is -0.467. The first-order chi connectivity index (χ1) is 14.1. The van der Waals surface area contributed by atoms with Gasteiger partial charge in [0.1, 0.15) is 11.6 Å². The number of rotatable bonds is 7. The van der Waals surface area contributed by atoms with E-state index in [0.29, 0.717) is 17.3 Å². The summed E-state index contributed by atoms with van der Waals surface area (Å²) in [6.45, 7) is 12.9. The van der Waals surface area contributed by atoms with E-state index in [9.17, 15) is 14.9 Å². The maximum Gasteiger partial charge on any atom is 0.266 e. The second-order valence-corrected chi connectivity index (χ2v) is 8.18. The van der Waals surface area contributed by atoms with Crippen LogP contribution in [0.5, 0.6) is 0 Å². The van der Waals surface area contributed by atoms with Crippen LogP contribution < -0.4 is 10.6 Å². The summed E-state index contributed by atoms with van der Waals surface area (Å²) in [5.74, 6) is -0.157. The lowest BCUT2D eigenvalue weighted by molar-refractivity contribution is -0.119. The lowest BCUT2D eigenvalue weighted by Gasteiger charge is -2.12. The van der Waals surface area contributed by atoms with Crippen molar-refractivity contribution in [3.8, 4) is 6.07 Å². The fourth-order valence-corrected chi connectivity index (χ4v) is 3.05. The SMILES string of the molecule is Cc1cc(/C=C(/C#N)C(=O)Nc2ccc(NC(=O)C(C)C)cc2)c(C)n1CC(C)C. The standard InChI is InChI=1S/C24H30N4O2/c1-15(2)14-28-17(5)11-19(18(28)6)12-20(13-25)24(30)27-22-9-7-21(8-10-22)26-23(29)16(3)4/h7-12,15-16H,14H2,1-6H3,(H,26,29)(H,27,30)/b20-12-. The van der Waals surface area contributed by atoms with Gasteiger partial charge in [-0.3, -0.25) is 9.59 Å². The quantitative estimate of drug-likeness (QED) is 0.506. The topological polar surface area (TPSA) is 86.9 Å². The zero-order valence-electron chi connectivity index (χ0n) is 18.5. The van der Waals surface area contributed by atoms with Gasteiger partial charge in [-0.1, -0.05) is 27.7 Å². The first-order valence-corrected chi connectivity index (χ1v) is 10.1. The van der Waals surface area contributed by atoms with Crippen molar-refractivity contribution in [3.63, 3.8) is 0 Å². The Morgan fingerprint density at radius 3 is 2.13 bits per heavy atom. The number of carbonyl (C=O) groups excluding carboxylic acids is 2. The first kappa shape index (κ1) is 23.0. The Labute approximate surface area is 178 Å². The summed E-state index contributed by atoms with van der Waals surface area (Å²) < 4.78 is 2.20. The van der Waals surface area contributed by atoms with Crippen LogP contribution in [-0.2, 0) is 16.1 Å². The lowest BCUT2D eigenvalue weighted by atomic mass is 10.1. The van der Waals surface area contributed by atoms with E-state index in [1.165, 1.54) is 0 Å². The molecule has 30 heavy (non-hydrogen) atoms. The summed E-state index contributed by atoms with van der Waals surface area (Å²) in [5, 5.41) is 15.0. The molecule has 1 aromatic heterocycles. The van der Waals surface area contributed by atoms with Gasteiger partial charge in [-0.2, -0.15) is 5.26 Å². The van der Waals surface area contributed by atoms with Crippen LogP contribution in [0.15, 0.2) is 35.9 Å². The zero-order valence-corrected chi connectivity index (χ0v) is 18.5. The number of nitrogens with one attached hydrogen (secondary N) is 2. The molecule has 0 bridgehead atoms. The van der Waals surface area contributed by atoms with Gasteiger partial charge >= 0.3 is 0 Å². The fraction of sp³-hybridized carbons (Fsp3) is 0.375. The van der Waals surface area contributed by atoms with Gasteiger partial charge in [0, 0.05) is 35.2 Å². The number of nitriles is 1. The molecule has 158 valence electrons. The molecular weight excluding hydrogens is 376 g/mol. The monoisotopic (exact) mass is 406 g/mol. The van der Waals surface area contributed by atoms with E-state index in [0.717, 1.165) is 23.5 Å². The Morgan fingerprint density at radius 2 is 1.63 bits per heavy atom. The summed E-state index contributed by atoms with van der Waals surface area (Å²) in [5.41, 5.74) is 4.24. The van der Waals surface area contributed by atoms with Crippen molar-refractivity contribution in [2.75, 3.05) is 10.6 Å². The molecule has 0 radical (unpaired) electrons. The van der Waals surface area contributed by atoms with Gasteiger partial charge in [0.15, 0.2) is 0 Å². The van der Waals surface area contributed by atoms with Crippen molar-refractivity contribution in [1.82, 2.24) is 4.57 Å². The van der Waals surface area contributed by atoms with Gasteiger partial charge in [-0.15, -0.1) is 0 Å². The second-order valence-electron chi connectivity index (χ2n) is 8.18. The van der Waals surface area contributed by atoms with Gasteiger partial charge in [0.2, 0.25) is 5.91 Å². The largest absolute Gasteiger partial charge is 0.348 e. The van der Waals surface area contributed by atoms with E-state index in [2.05, 4.69) is 29.0 Å². The summed E-state index contributed by atoms with van der Waals surface area (Å²) in [4.78, 5) is 24.4. The van der Waals surface area contributed by atoms with Crippen molar-refractivity contribution in [3.05, 3.63) is 52.9 Å². The highest BCUT2D eigenvalue weighted by molar-refractivity contribution is 6.09. The van der Waals surface area contributed by atoms with Crippen molar-refractivity contribution < 1.29 is 9.59 Å². The molecule has 0 aliphatic rings. The number of amides is 2. The minimum Gasteiger partial charge on any atom is -0.348 e. The summed E-state index contributed by atoms with van der Waals surface area (Å²) >= 11 is 0. The van der Waals surface area contributed by atoms with Crippen LogP contribution in [0.2, 0.25) is 0 Å². The third-order valence-corrected chi connectivity index (χ3v) is 4.76. The number of hydrogen-bond acceptors (Lipinski definition) is 3. The van der Waals surface area contributed by atoms with Crippen molar-refractivity contribution >= 4 is 29.3 Å². The molecule has 6 nitrogen and oxygen atoms in total. The fourth-order valence-electron chi connectivity index (χ4n) is 3.05. The molecule has 0 unspecified atom stereocenters. The van der Waals surface area contributed by atoms with E-state index >= 15 is 0 Å². The third-order valence-electron chi connectivity index (χ3n) is 4.76. The number of hydrogen-bond donors (Lipinski definition) is 2. The van der Waals surface area contributed by atoms with E-state index in [-0.39, 0.29) is 17.4 Å². The van der Waals surface area contributed by atoms with Gasteiger partial charge in [-0.05, 0) is 61.7 Å². The molecule has 2 amide bonds. The second kappa shape index (κ2) is 9.93. The molecule has 0 saturated heterocycles. The molecule has 0 saturated carbocycles. The number of carbonyl (C=O) groups is 2. The molecule has 0 spiro atoms. The smallest absolute Gasteiger partial charge is 0.266 e. The van der Waals surface area contributed by atoms with Gasteiger partial charge < -0.3 is 15.2 Å². The van der Waals surface area contributed by atoms with Crippen LogP contribution in [0.1, 0.15) is 44.6 Å². The molecule has 0 aliphatic carbocycles. The van der Waals surface area contributed by atoms with Crippen LogP contribution in [0.25, 0.3) is 6.08 Å². The van der Waals surface area contributed by atoms with Crippen LogP contribution >= 0.6 is 0 Å². The van der Waals surface area contributed by atoms with Crippen LogP contribution in [0.3, 0.4) is 0 Å². The molecule has 1 heterocycles. The number of anilines is 2. The van der Waals surface area contributed by atoms with Crippen LogP contribution in [-0.4, -0.2) is 16.4 Å². The van der Waals surface area contributed by atoms with Gasteiger partial charge in [0.05, 0.1) is 0 Å². The molecule has 1 aromatic carbocycles. The predicted octanol–water partition coefficient (Wildman–Crippen LogP) is 4.90. The highest BCUT2D eigenvalue weighted by atomic mass is 16.2. The first-order valence-electron chi connectivity index (χ1n) is 10.1. The highest BCUT2D eigenvalue weighted by Gasteiger charge is 2.14. The average molecular weight is 407 g/mol. The minimum absolute atomic E-state index is 0.0389. The van der Waals surface area contributed by atoms with Gasteiger partial charge in [-0.25, -0.2) is 0 Å². The Hall–Kier alpha value is -3.33. The van der Waals surface area contributed by atoms with Crippen molar-refractivity contribution in [1.29, 1.82) is 5.26 Å². The maximum absolute atomic E-state index is 12.6. The molecule has 0 atom stereocenters. The lowest BCUT2D eigenvalue weighted by Crippen LogP contribution is -2.17. The third kappa shape index (κ3) is 5.84. The number of benzene rings is 1. The average Bonchev–Trinajstić information content (AvgIpc) is 2.94.